The van der Waals surface area contributed by atoms with Crippen molar-refractivity contribution in [2.75, 3.05) is 26.4 Å². The fraction of sp³-hybridized carbons (Fsp3) is 0.667. The highest BCUT2D eigenvalue weighted by Crippen LogP contribution is 2.37. The number of ether oxygens (including phenoxy) is 3. The second kappa shape index (κ2) is 10.2. The zero-order valence-electron chi connectivity index (χ0n) is 15.3. The van der Waals surface area contributed by atoms with E-state index in [-0.39, 0.29) is 36.4 Å². The van der Waals surface area contributed by atoms with Crippen LogP contribution in [0.5, 0.6) is 0 Å². The number of aliphatic hydroxyl groups excluding tert-OH is 1. The van der Waals surface area contributed by atoms with Crippen LogP contribution >= 0.6 is 0 Å². The van der Waals surface area contributed by atoms with Gasteiger partial charge in [0.2, 0.25) is 0 Å². The molecule has 0 aromatic heterocycles. The standard InChI is InChI=1S/C21H30O5/c22-13-17-12-20(23)18(9-11-24-14-16-6-2-1-3-7-16)19(17)15-26-21-8-4-5-10-25-21/h1-3,6-7,17-19,21-22H,4-5,8-15H2/t17-,18+,19-,21?/m0/s1. The molecule has 1 heterocycles. The first-order valence-corrected chi connectivity index (χ1v) is 9.76. The zero-order chi connectivity index (χ0) is 18.2. The van der Waals surface area contributed by atoms with Gasteiger partial charge in [-0.3, -0.25) is 4.79 Å². The molecule has 3 rings (SSSR count). The first kappa shape index (κ1) is 19.5. The van der Waals surface area contributed by atoms with Crippen LogP contribution in [0.3, 0.4) is 0 Å². The van der Waals surface area contributed by atoms with Gasteiger partial charge in [0, 0.05) is 32.2 Å². The van der Waals surface area contributed by atoms with E-state index >= 15 is 0 Å². The third-order valence-corrected chi connectivity index (χ3v) is 5.53. The molecule has 1 saturated heterocycles. The molecule has 1 aromatic rings. The number of Topliss-reactive ketones (excluding diaryl/α,β-unsaturated/α-hetero) is 1. The topological polar surface area (TPSA) is 65.0 Å². The Morgan fingerprint density at radius 2 is 2.04 bits per heavy atom. The normalized spacial score (nSPS) is 29.2. The van der Waals surface area contributed by atoms with E-state index in [2.05, 4.69) is 0 Å². The maximum absolute atomic E-state index is 12.4. The molecule has 26 heavy (non-hydrogen) atoms. The highest BCUT2D eigenvalue weighted by atomic mass is 16.7. The molecule has 1 N–H and O–H groups in total. The first-order chi connectivity index (χ1) is 12.8. The molecule has 0 amide bonds. The maximum Gasteiger partial charge on any atom is 0.157 e. The van der Waals surface area contributed by atoms with Crippen molar-refractivity contribution in [3.8, 4) is 0 Å². The maximum atomic E-state index is 12.4. The molecule has 1 aliphatic heterocycles. The van der Waals surface area contributed by atoms with Crippen LogP contribution in [0, 0.1) is 17.8 Å². The Bertz CT molecular complexity index is 541. The smallest absolute Gasteiger partial charge is 0.157 e. The number of carbonyl (C=O) groups is 1. The molecule has 2 aliphatic rings. The fourth-order valence-electron chi connectivity index (χ4n) is 3.99. The Balaban J connectivity index is 1.47. The summed E-state index contributed by atoms with van der Waals surface area (Å²) in [5, 5.41) is 9.66. The second-order valence-electron chi connectivity index (χ2n) is 7.34. The van der Waals surface area contributed by atoms with Gasteiger partial charge in [-0.05, 0) is 43.1 Å². The number of hydrogen-bond acceptors (Lipinski definition) is 5. The molecule has 1 unspecified atom stereocenters. The summed E-state index contributed by atoms with van der Waals surface area (Å²) < 4.78 is 17.3. The van der Waals surface area contributed by atoms with Crippen molar-refractivity contribution in [2.24, 2.45) is 17.8 Å². The minimum Gasteiger partial charge on any atom is -0.396 e. The molecule has 0 radical (unpaired) electrons. The third kappa shape index (κ3) is 5.36. The van der Waals surface area contributed by atoms with Gasteiger partial charge in [0.05, 0.1) is 13.2 Å². The van der Waals surface area contributed by atoms with Gasteiger partial charge >= 0.3 is 0 Å². The van der Waals surface area contributed by atoms with Crippen molar-refractivity contribution in [1.29, 1.82) is 0 Å². The molecular weight excluding hydrogens is 332 g/mol. The number of aliphatic hydroxyl groups is 1. The van der Waals surface area contributed by atoms with E-state index in [0.29, 0.717) is 32.7 Å². The van der Waals surface area contributed by atoms with E-state index < -0.39 is 0 Å². The fourth-order valence-corrected chi connectivity index (χ4v) is 3.99. The SMILES string of the molecule is O=C1C[C@@H](CO)[C@H](COC2CCCCO2)[C@H]1CCOCc1ccccc1. The van der Waals surface area contributed by atoms with E-state index in [4.69, 9.17) is 14.2 Å². The highest BCUT2D eigenvalue weighted by molar-refractivity contribution is 5.83. The van der Waals surface area contributed by atoms with E-state index in [9.17, 15) is 9.90 Å². The third-order valence-electron chi connectivity index (χ3n) is 5.53. The molecule has 144 valence electrons. The molecule has 5 nitrogen and oxygen atoms in total. The molecule has 1 aromatic carbocycles. The summed E-state index contributed by atoms with van der Waals surface area (Å²) in [7, 11) is 0. The Kier molecular flexibility index (Phi) is 7.62. The van der Waals surface area contributed by atoms with Crippen molar-refractivity contribution < 1.29 is 24.1 Å². The summed E-state index contributed by atoms with van der Waals surface area (Å²) in [4.78, 5) is 12.4. The Morgan fingerprint density at radius 1 is 1.19 bits per heavy atom. The van der Waals surface area contributed by atoms with Gasteiger partial charge in [0.15, 0.2) is 6.29 Å². The average Bonchev–Trinajstić information content (AvgIpc) is 3.00. The van der Waals surface area contributed by atoms with Gasteiger partial charge in [-0.2, -0.15) is 0 Å². The van der Waals surface area contributed by atoms with Gasteiger partial charge in [0.1, 0.15) is 5.78 Å². The summed E-state index contributed by atoms with van der Waals surface area (Å²) in [6.07, 6.45) is 4.08. The van der Waals surface area contributed by atoms with Crippen molar-refractivity contribution in [3.05, 3.63) is 35.9 Å². The number of carbonyl (C=O) groups excluding carboxylic acids is 1. The largest absolute Gasteiger partial charge is 0.396 e. The van der Waals surface area contributed by atoms with Crippen LogP contribution in [0.15, 0.2) is 30.3 Å². The monoisotopic (exact) mass is 362 g/mol. The summed E-state index contributed by atoms with van der Waals surface area (Å²) in [5.74, 6) is 0.181. The predicted molar refractivity (Wildman–Crippen MR) is 97.4 cm³/mol. The molecule has 2 fully saturated rings. The molecular formula is C21H30O5. The lowest BCUT2D eigenvalue weighted by Gasteiger charge is -2.27. The summed E-state index contributed by atoms with van der Waals surface area (Å²) in [6.45, 7) is 2.36. The zero-order valence-corrected chi connectivity index (χ0v) is 15.3. The van der Waals surface area contributed by atoms with Crippen LogP contribution in [-0.4, -0.2) is 43.6 Å². The minimum atomic E-state index is -0.159. The first-order valence-electron chi connectivity index (χ1n) is 9.76. The lowest BCUT2D eigenvalue weighted by molar-refractivity contribution is -0.174. The van der Waals surface area contributed by atoms with Gasteiger partial charge in [0.25, 0.3) is 0 Å². The molecule has 0 bridgehead atoms. The van der Waals surface area contributed by atoms with Gasteiger partial charge < -0.3 is 19.3 Å². The van der Waals surface area contributed by atoms with Gasteiger partial charge in [-0.25, -0.2) is 0 Å². The predicted octanol–water partition coefficient (Wildman–Crippen LogP) is 2.95. The summed E-state index contributed by atoms with van der Waals surface area (Å²) in [6, 6.07) is 10.0. The number of ketones is 1. The van der Waals surface area contributed by atoms with Crippen LogP contribution < -0.4 is 0 Å². The minimum absolute atomic E-state index is 0.00906. The van der Waals surface area contributed by atoms with E-state index in [1.165, 1.54) is 0 Å². The van der Waals surface area contributed by atoms with Gasteiger partial charge in [-0.15, -0.1) is 0 Å². The number of rotatable bonds is 9. The lowest BCUT2D eigenvalue weighted by Crippen LogP contribution is -2.30. The summed E-state index contributed by atoms with van der Waals surface area (Å²) >= 11 is 0. The molecule has 1 saturated carbocycles. The quantitative estimate of drug-likeness (QED) is 0.684. The molecule has 4 atom stereocenters. The van der Waals surface area contributed by atoms with E-state index in [1.807, 2.05) is 30.3 Å². The Hall–Kier alpha value is -1.27. The second-order valence-corrected chi connectivity index (χ2v) is 7.34. The Morgan fingerprint density at radius 3 is 2.77 bits per heavy atom. The molecule has 1 aliphatic carbocycles. The van der Waals surface area contributed by atoms with E-state index in [1.54, 1.807) is 0 Å². The van der Waals surface area contributed by atoms with Crippen molar-refractivity contribution in [2.45, 2.75) is 45.0 Å². The van der Waals surface area contributed by atoms with Crippen LogP contribution in [0.4, 0.5) is 0 Å². The van der Waals surface area contributed by atoms with Crippen molar-refractivity contribution >= 4 is 5.78 Å². The van der Waals surface area contributed by atoms with Crippen LogP contribution in [0.25, 0.3) is 0 Å². The number of benzene rings is 1. The van der Waals surface area contributed by atoms with Crippen molar-refractivity contribution in [3.63, 3.8) is 0 Å². The van der Waals surface area contributed by atoms with Crippen molar-refractivity contribution in [1.82, 2.24) is 0 Å². The lowest BCUT2D eigenvalue weighted by atomic mass is 9.88. The van der Waals surface area contributed by atoms with E-state index in [0.717, 1.165) is 31.4 Å². The highest BCUT2D eigenvalue weighted by Gasteiger charge is 2.42. The van der Waals surface area contributed by atoms with Crippen LogP contribution in [-0.2, 0) is 25.6 Å². The average molecular weight is 362 g/mol. The summed E-state index contributed by atoms with van der Waals surface area (Å²) in [5.41, 5.74) is 1.13. The van der Waals surface area contributed by atoms with Crippen LogP contribution in [0.2, 0.25) is 0 Å². The number of hydrogen-bond donors (Lipinski definition) is 1. The molecule has 0 spiro atoms. The Labute approximate surface area is 155 Å². The van der Waals surface area contributed by atoms with Crippen LogP contribution in [0.1, 0.15) is 37.7 Å². The van der Waals surface area contributed by atoms with Gasteiger partial charge in [-0.1, -0.05) is 30.3 Å². The molecule has 5 heteroatoms.